The maximum Gasteiger partial charge on any atom is 0.188 e. The van der Waals surface area contributed by atoms with E-state index >= 15 is 0 Å². The van der Waals surface area contributed by atoms with Crippen LogP contribution < -0.4 is 11.1 Å². The van der Waals surface area contributed by atoms with E-state index in [1.165, 1.54) is 5.56 Å². The van der Waals surface area contributed by atoms with Crippen LogP contribution in [0.25, 0.3) is 0 Å². The van der Waals surface area contributed by atoms with Gasteiger partial charge in [0.1, 0.15) is 5.69 Å². The van der Waals surface area contributed by atoms with Crippen LogP contribution in [-0.2, 0) is 6.54 Å². The monoisotopic (exact) mass is 284 g/mol. The highest BCUT2D eigenvalue weighted by Crippen LogP contribution is 2.24. The van der Waals surface area contributed by atoms with Crippen molar-refractivity contribution in [1.82, 2.24) is 4.98 Å². The van der Waals surface area contributed by atoms with E-state index < -0.39 is 0 Å². The number of amidine groups is 1. The molecule has 0 spiro atoms. The lowest BCUT2D eigenvalue weighted by Gasteiger charge is -2.14. The molecule has 0 saturated carbocycles. The highest BCUT2D eigenvalue weighted by molar-refractivity contribution is 5.95. The molecular weight excluding hydrogens is 264 g/mol. The van der Waals surface area contributed by atoms with Gasteiger partial charge in [0.2, 0.25) is 0 Å². The molecule has 1 aromatic carbocycles. The van der Waals surface area contributed by atoms with Gasteiger partial charge >= 0.3 is 0 Å². The number of nitrogens with one attached hydrogen (secondary N) is 1. The second-order valence-corrected chi connectivity index (χ2v) is 5.13. The van der Waals surface area contributed by atoms with E-state index in [0.29, 0.717) is 18.2 Å². The Hall–Kier alpha value is -2.56. The summed E-state index contributed by atoms with van der Waals surface area (Å²) in [4.78, 5) is 4.07. The van der Waals surface area contributed by atoms with E-state index in [1.807, 2.05) is 18.2 Å². The zero-order chi connectivity index (χ0) is 15.2. The summed E-state index contributed by atoms with van der Waals surface area (Å²) < 4.78 is 0. The van der Waals surface area contributed by atoms with Gasteiger partial charge in [0.05, 0.1) is 0 Å². The van der Waals surface area contributed by atoms with Crippen LogP contribution in [0.2, 0.25) is 0 Å². The molecule has 0 aliphatic heterocycles. The fourth-order valence-corrected chi connectivity index (χ4v) is 2.13. The number of oxime groups is 1. The van der Waals surface area contributed by atoms with E-state index in [2.05, 4.69) is 41.4 Å². The van der Waals surface area contributed by atoms with Crippen LogP contribution in [0.4, 0.5) is 5.69 Å². The molecule has 0 aliphatic rings. The van der Waals surface area contributed by atoms with Crippen molar-refractivity contribution in [2.45, 2.75) is 26.3 Å². The van der Waals surface area contributed by atoms with Gasteiger partial charge in [0.25, 0.3) is 0 Å². The molecule has 1 heterocycles. The number of nitrogens with two attached hydrogens (primary N) is 1. The molecule has 1 aromatic heterocycles. The van der Waals surface area contributed by atoms with Crippen LogP contribution in [0.3, 0.4) is 0 Å². The first kappa shape index (κ1) is 14.8. The Morgan fingerprint density at radius 3 is 2.81 bits per heavy atom. The summed E-state index contributed by atoms with van der Waals surface area (Å²) in [5.74, 6) is 0.471. The first-order chi connectivity index (χ1) is 10.1. The summed E-state index contributed by atoms with van der Waals surface area (Å²) in [6.07, 6.45) is 1.65. The molecule has 5 nitrogen and oxygen atoms in total. The Kier molecular flexibility index (Phi) is 4.77. The van der Waals surface area contributed by atoms with Gasteiger partial charge in [-0.15, -0.1) is 0 Å². The van der Waals surface area contributed by atoms with Crippen molar-refractivity contribution < 1.29 is 5.21 Å². The van der Waals surface area contributed by atoms with Gasteiger partial charge < -0.3 is 16.3 Å². The molecule has 0 bridgehead atoms. The maximum absolute atomic E-state index is 8.69. The van der Waals surface area contributed by atoms with Gasteiger partial charge in [-0.1, -0.05) is 37.2 Å². The lowest BCUT2D eigenvalue weighted by atomic mass is 10.0. The smallest absolute Gasteiger partial charge is 0.188 e. The number of aromatic nitrogens is 1. The largest absolute Gasteiger partial charge is 0.409 e. The third-order valence-corrected chi connectivity index (χ3v) is 3.26. The quantitative estimate of drug-likeness (QED) is 0.341. The molecule has 0 unspecified atom stereocenters. The number of para-hydroxylation sites is 1. The van der Waals surface area contributed by atoms with Gasteiger partial charge in [0.15, 0.2) is 5.84 Å². The molecule has 2 aromatic rings. The number of rotatable bonds is 5. The summed E-state index contributed by atoms with van der Waals surface area (Å²) in [7, 11) is 0. The van der Waals surface area contributed by atoms with Crippen molar-refractivity contribution in [3.8, 4) is 0 Å². The number of pyridine rings is 1. The highest BCUT2D eigenvalue weighted by Gasteiger charge is 2.06. The van der Waals surface area contributed by atoms with Crippen LogP contribution in [0, 0.1) is 0 Å². The van der Waals surface area contributed by atoms with E-state index in [9.17, 15) is 0 Å². The maximum atomic E-state index is 8.69. The van der Waals surface area contributed by atoms with Crippen LogP contribution in [0.15, 0.2) is 47.8 Å². The fourth-order valence-electron chi connectivity index (χ4n) is 2.13. The predicted molar refractivity (Wildman–Crippen MR) is 84.6 cm³/mol. The van der Waals surface area contributed by atoms with Crippen molar-refractivity contribution in [2.24, 2.45) is 10.9 Å². The van der Waals surface area contributed by atoms with Crippen LogP contribution in [0.1, 0.15) is 36.6 Å². The lowest BCUT2D eigenvalue weighted by Crippen LogP contribution is -2.15. The SMILES string of the molecule is CC(C)c1ccccc1NCc1ccnc(C(N)=NO)c1. The molecule has 0 aliphatic carbocycles. The molecule has 0 saturated heterocycles. The summed E-state index contributed by atoms with van der Waals surface area (Å²) in [6, 6.07) is 12.0. The first-order valence-corrected chi connectivity index (χ1v) is 6.87. The summed E-state index contributed by atoms with van der Waals surface area (Å²) >= 11 is 0. The summed E-state index contributed by atoms with van der Waals surface area (Å²) in [5, 5.41) is 15.1. The number of hydrogen-bond donors (Lipinski definition) is 3. The molecule has 0 amide bonds. The standard InChI is InChI=1S/C16H20N4O/c1-11(2)13-5-3-4-6-14(13)19-10-12-7-8-18-15(9-12)16(17)20-21/h3-9,11,19,21H,10H2,1-2H3,(H2,17,20). The van der Waals surface area contributed by atoms with Crippen LogP contribution in [0.5, 0.6) is 0 Å². The fraction of sp³-hybridized carbons (Fsp3) is 0.250. The number of anilines is 1. The summed E-state index contributed by atoms with van der Waals surface area (Å²) in [5.41, 5.74) is 9.44. The van der Waals surface area contributed by atoms with Gasteiger partial charge in [-0.25, -0.2) is 0 Å². The van der Waals surface area contributed by atoms with Gasteiger partial charge in [-0.2, -0.15) is 0 Å². The molecule has 110 valence electrons. The Balaban J connectivity index is 2.14. The van der Waals surface area contributed by atoms with Gasteiger partial charge in [-0.05, 0) is 35.2 Å². The molecule has 0 fully saturated rings. The van der Waals surface area contributed by atoms with E-state index in [0.717, 1.165) is 11.3 Å². The minimum absolute atomic E-state index is 0.0134. The van der Waals surface area contributed by atoms with Crippen molar-refractivity contribution in [3.05, 3.63) is 59.4 Å². The third-order valence-electron chi connectivity index (χ3n) is 3.26. The second kappa shape index (κ2) is 6.74. The van der Waals surface area contributed by atoms with E-state index in [1.54, 1.807) is 12.3 Å². The average Bonchev–Trinajstić information content (AvgIpc) is 2.52. The minimum atomic E-state index is 0.0134. The van der Waals surface area contributed by atoms with Crippen LogP contribution >= 0.6 is 0 Å². The molecule has 0 radical (unpaired) electrons. The molecule has 21 heavy (non-hydrogen) atoms. The topological polar surface area (TPSA) is 83.5 Å². The van der Waals surface area contributed by atoms with Crippen molar-refractivity contribution >= 4 is 11.5 Å². The Morgan fingerprint density at radius 2 is 2.10 bits per heavy atom. The second-order valence-electron chi connectivity index (χ2n) is 5.13. The average molecular weight is 284 g/mol. The van der Waals surface area contributed by atoms with Crippen molar-refractivity contribution in [1.29, 1.82) is 0 Å². The normalized spacial score (nSPS) is 11.7. The Bertz CT molecular complexity index is 638. The predicted octanol–water partition coefficient (Wildman–Crippen LogP) is 2.91. The molecular formula is C16H20N4O. The zero-order valence-corrected chi connectivity index (χ0v) is 12.2. The molecule has 4 N–H and O–H groups in total. The lowest BCUT2D eigenvalue weighted by molar-refractivity contribution is 0.318. The highest BCUT2D eigenvalue weighted by atomic mass is 16.4. The van der Waals surface area contributed by atoms with Crippen LogP contribution in [-0.4, -0.2) is 16.0 Å². The number of hydrogen-bond acceptors (Lipinski definition) is 4. The van der Waals surface area contributed by atoms with Gasteiger partial charge in [-0.3, -0.25) is 4.98 Å². The van der Waals surface area contributed by atoms with Gasteiger partial charge in [0, 0.05) is 18.4 Å². The first-order valence-electron chi connectivity index (χ1n) is 6.87. The Morgan fingerprint density at radius 1 is 1.33 bits per heavy atom. The third kappa shape index (κ3) is 3.72. The minimum Gasteiger partial charge on any atom is -0.409 e. The van der Waals surface area contributed by atoms with E-state index in [4.69, 9.17) is 10.9 Å². The summed E-state index contributed by atoms with van der Waals surface area (Å²) in [6.45, 7) is 4.99. The molecule has 5 heteroatoms. The van der Waals surface area contributed by atoms with Crippen molar-refractivity contribution in [2.75, 3.05) is 5.32 Å². The van der Waals surface area contributed by atoms with Crippen molar-refractivity contribution in [3.63, 3.8) is 0 Å². The molecule has 0 atom stereocenters. The molecule has 2 rings (SSSR count). The Labute approximate surface area is 124 Å². The van der Waals surface area contributed by atoms with E-state index in [-0.39, 0.29) is 5.84 Å². The zero-order valence-electron chi connectivity index (χ0n) is 12.2. The number of nitrogens with zero attached hydrogens (tertiary/aromatic N) is 2. The number of benzene rings is 1.